The molecular formula is C17H22N4O4S. The van der Waals surface area contributed by atoms with Crippen LogP contribution in [0, 0.1) is 5.92 Å². The fourth-order valence-corrected chi connectivity index (χ4v) is 4.22. The van der Waals surface area contributed by atoms with E-state index in [1.807, 2.05) is 24.4 Å². The molecule has 0 aromatic carbocycles. The molecule has 2 atom stereocenters. The van der Waals surface area contributed by atoms with Gasteiger partial charge in [-0.25, -0.2) is 9.59 Å². The Hall–Kier alpha value is -2.42. The van der Waals surface area contributed by atoms with Crippen molar-refractivity contribution < 1.29 is 19.2 Å². The third-order valence-electron chi connectivity index (χ3n) is 5.06. The lowest BCUT2D eigenvalue weighted by Gasteiger charge is -2.36. The highest BCUT2D eigenvalue weighted by Gasteiger charge is 2.55. The molecule has 140 valence electrons. The van der Waals surface area contributed by atoms with Crippen LogP contribution in [0.5, 0.6) is 0 Å². The van der Waals surface area contributed by atoms with Crippen LogP contribution < -0.4 is 16.0 Å². The Morgan fingerprint density at radius 3 is 2.88 bits per heavy atom. The summed E-state index contributed by atoms with van der Waals surface area (Å²) < 4.78 is 0. The van der Waals surface area contributed by atoms with Crippen LogP contribution in [0.2, 0.25) is 0 Å². The van der Waals surface area contributed by atoms with E-state index in [2.05, 4.69) is 16.0 Å². The number of hydrogen-bond donors (Lipinski definition) is 3. The van der Waals surface area contributed by atoms with Crippen molar-refractivity contribution in [3.63, 3.8) is 0 Å². The second kappa shape index (κ2) is 7.45. The van der Waals surface area contributed by atoms with E-state index in [9.17, 15) is 19.2 Å². The van der Waals surface area contributed by atoms with Crippen molar-refractivity contribution in [2.75, 3.05) is 6.54 Å². The molecule has 0 unspecified atom stereocenters. The molecular weight excluding hydrogens is 356 g/mol. The van der Waals surface area contributed by atoms with Gasteiger partial charge in [0.05, 0.1) is 6.54 Å². The van der Waals surface area contributed by atoms with Gasteiger partial charge in [-0.2, -0.15) is 0 Å². The van der Waals surface area contributed by atoms with E-state index < -0.39 is 30.1 Å². The fraction of sp³-hybridized carbons (Fsp3) is 0.529. The van der Waals surface area contributed by atoms with E-state index in [4.69, 9.17) is 0 Å². The molecule has 2 aliphatic rings. The first-order chi connectivity index (χ1) is 12.4. The van der Waals surface area contributed by atoms with Gasteiger partial charge in [-0.05, 0) is 30.2 Å². The van der Waals surface area contributed by atoms with Crippen molar-refractivity contribution in [3.8, 4) is 0 Å². The lowest BCUT2D eigenvalue weighted by Crippen LogP contribution is -2.54. The molecule has 1 spiro atoms. The minimum Gasteiger partial charge on any atom is -0.333 e. The van der Waals surface area contributed by atoms with Crippen molar-refractivity contribution in [2.45, 2.75) is 44.7 Å². The molecule has 1 aliphatic carbocycles. The van der Waals surface area contributed by atoms with Gasteiger partial charge in [-0.15, -0.1) is 11.3 Å². The number of nitrogens with one attached hydrogen (secondary N) is 3. The molecule has 2 fully saturated rings. The second-order valence-corrected chi connectivity index (χ2v) is 7.78. The normalized spacial score (nSPS) is 25.3. The molecule has 2 heterocycles. The van der Waals surface area contributed by atoms with Crippen LogP contribution >= 0.6 is 11.3 Å². The van der Waals surface area contributed by atoms with Crippen LogP contribution in [0.3, 0.4) is 0 Å². The van der Waals surface area contributed by atoms with Crippen molar-refractivity contribution in [1.29, 1.82) is 0 Å². The lowest BCUT2D eigenvalue weighted by molar-refractivity contribution is -0.137. The van der Waals surface area contributed by atoms with Gasteiger partial charge < -0.3 is 10.6 Å². The predicted octanol–water partition coefficient (Wildman–Crippen LogP) is 1.57. The standard InChI is InChI=1S/C17H22N4O4S/c1-11-5-2-3-7-17(11)14(23)21(16(25)20-17)10-13(22)19-15(24)18-9-12-6-4-8-26-12/h4,6,8,11H,2-3,5,7,9-10H2,1H3,(H,20,25)(H2,18,19,22,24)/t11-,17-/m0/s1. The zero-order chi connectivity index (χ0) is 18.7. The first-order valence-electron chi connectivity index (χ1n) is 8.66. The van der Waals surface area contributed by atoms with Gasteiger partial charge in [0.1, 0.15) is 12.1 Å². The zero-order valence-corrected chi connectivity index (χ0v) is 15.4. The molecule has 1 saturated heterocycles. The molecule has 0 bridgehead atoms. The van der Waals surface area contributed by atoms with Gasteiger partial charge in [0.2, 0.25) is 5.91 Å². The number of nitrogens with zero attached hydrogens (tertiary/aromatic N) is 1. The number of thiophene rings is 1. The van der Waals surface area contributed by atoms with E-state index in [1.165, 1.54) is 11.3 Å². The third kappa shape index (κ3) is 3.57. The molecule has 6 amide bonds. The number of imide groups is 2. The van der Waals surface area contributed by atoms with Gasteiger partial charge in [-0.1, -0.05) is 25.8 Å². The SMILES string of the molecule is C[C@H]1CCCC[C@]12NC(=O)N(CC(=O)NC(=O)NCc1cccs1)C2=O. The van der Waals surface area contributed by atoms with Crippen LogP contribution in [0.25, 0.3) is 0 Å². The summed E-state index contributed by atoms with van der Waals surface area (Å²) in [5.74, 6) is -1.05. The van der Waals surface area contributed by atoms with Crippen LogP contribution in [0.15, 0.2) is 17.5 Å². The topological polar surface area (TPSA) is 108 Å². The van der Waals surface area contributed by atoms with E-state index in [-0.39, 0.29) is 11.8 Å². The Balaban J connectivity index is 1.54. The number of amides is 6. The summed E-state index contributed by atoms with van der Waals surface area (Å²) in [5, 5.41) is 9.39. The van der Waals surface area contributed by atoms with Crippen molar-refractivity contribution >= 4 is 35.2 Å². The van der Waals surface area contributed by atoms with Gasteiger partial charge in [0.25, 0.3) is 5.91 Å². The van der Waals surface area contributed by atoms with Gasteiger partial charge in [0, 0.05) is 4.88 Å². The number of rotatable bonds is 4. The largest absolute Gasteiger partial charge is 0.333 e. The molecule has 3 rings (SSSR count). The van der Waals surface area contributed by atoms with Crippen molar-refractivity contribution in [3.05, 3.63) is 22.4 Å². The summed E-state index contributed by atoms with van der Waals surface area (Å²) in [6.45, 7) is 1.78. The number of hydrogen-bond acceptors (Lipinski definition) is 5. The summed E-state index contributed by atoms with van der Waals surface area (Å²) in [5.41, 5.74) is -0.906. The monoisotopic (exact) mass is 378 g/mol. The summed E-state index contributed by atoms with van der Waals surface area (Å²) in [7, 11) is 0. The molecule has 0 radical (unpaired) electrons. The quantitative estimate of drug-likeness (QED) is 0.691. The molecule has 1 aromatic heterocycles. The molecule has 26 heavy (non-hydrogen) atoms. The predicted molar refractivity (Wildman–Crippen MR) is 95.3 cm³/mol. The fourth-order valence-electron chi connectivity index (χ4n) is 3.57. The maximum atomic E-state index is 12.8. The maximum absolute atomic E-state index is 12.8. The molecule has 1 aromatic rings. The Labute approximate surface area is 155 Å². The Kier molecular flexibility index (Phi) is 5.26. The van der Waals surface area contributed by atoms with Crippen LogP contribution in [0.1, 0.15) is 37.5 Å². The van der Waals surface area contributed by atoms with Crippen LogP contribution in [-0.4, -0.2) is 40.9 Å². The molecule has 8 nitrogen and oxygen atoms in total. The second-order valence-electron chi connectivity index (χ2n) is 6.75. The minimum absolute atomic E-state index is 0.0230. The summed E-state index contributed by atoms with van der Waals surface area (Å²) in [6.07, 6.45) is 3.33. The summed E-state index contributed by atoms with van der Waals surface area (Å²) in [6, 6.07) is 2.50. The van der Waals surface area contributed by atoms with E-state index in [0.717, 1.165) is 29.0 Å². The zero-order valence-electron chi connectivity index (χ0n) is 14.5. The molecule has 9 heteroatoms. The molecule has 3 N–H and O–H groups in total. The van der Waals surface area contributed by atoms with Gasteiger partial charge in [-0.3, -0.25) is 19.8 Å². The average Bonchev–Trinajstić information content (AvgIpc) is 3.19. The van der Waals surface area contributed by atoms with Crippen molar-refractivity contribution in [2.24, 2.45) is 5.92 Å². The van der Waals surface area contributed by atoms with Crippen molar-refractivity contribution in [1.82, 2.24) is 20.9 Å². The number of urea groups is 2. The van der Waals surface area contributed by atoms with Gasteiger partial charge >= 0.3 is 12.1 Å². The smallest absolute Gasteiger partial charge is 0.325 e. The third-order valence-corrected chi connectivity index (χ3v) is 5.94. The highest BCUT2D eigenvalue weighted by molar-refractivity contribution is 7.09. The Morgan fingerprint density at radius 2 is 2.19 bits per heavy atom. The lowest BCUT2D eigenvalue weighted by atomic mass is 9.73. The average molecular weight is 378 g/mol. The van der Waals surface area contributed by atoms with Crippen LogP contribution in [0.4, 0.5) is 9.59 Å². The number of carbonyl (C=O) groups is 4. The van der Waals surface area contributed by atoms with E-state index in [1.54, 1.807) is 0 Å². The van der Waals surface area contributed by atoms with Gasteiger partial charge in [0.15, 0.2) is 0 Å². The highest BCUT2D eigenvalue weighted by atomic mass is 32.1. The summed E-state index contributed by atoms with van der Waals surface area (Å²) in [4.78, 5) is 50.7. The summed E-state index contributed by atoms with van der Waals surface area (Å²) >= 11 is 1.49. The van der Waals surface area contributed by atoms with E-state index >= 15 is 0 Å². The van der Waals surface area contributed by atoms with Crippen LogP contribution in [-0.2, 0) is 16.1 Å². The minimum atomic E-state index is -0.906. The molecule has 1 saturated carbocycles. The first-order valence-corrected chi connectivity index (χ1v) is 9.54. The maximum Gasteiger partial charge on any atom is 0.325 e. The Bertz CT molecular complexity index is 720. The number of carbonyl (C=O) groups excluding carboxylic acids is 4. The first kappa shape index (κ1) is 18.4. The van der Waals surface area contributed by atoms with E-state index in [0.29, 0.717) is 13.0 Å². The Morgan fingerprint density at radius 1 is 1.38 bits per heavy atom. The highest BCUT2D eigenvalue weighted by Crippen LogP contribution is 2.38. The molecule has 1 aliphatic heterocycles.